The van der Waals surface area contributed by atoms with Crippen LogP contribution in [-0.2, 0) is 16.0 Å². The summed E-state index contributed by atoms with van der Waals surface area (Å²) in [5.41, 5.74) is 0.667. The standard InChI is InChI=1S/C22H27NO3/c1-21(12-17-4-2-3-5-18(17)19(24)26-21)20(25)23-13-22-9-14-6-15(10-22)8-16(7-14)11-22/h2-5,14-16H,6-13H2,1H3,(H,23,25). The lowest BCUT2D eigenvalue weighted by molar-refractivity contribution is -0.141. The van der Waals surface area contributed by atoms with Gasteiger partial charge >= 0.3 is 5.97 Å². The molecule has 4 nitrogen and oxygen atoms in total. The highest BCUT2D eigenvalue weighted by molar-refractivity contribution is 5.97. The second-order valence-corrected chi connectivity index (χ2v) is 9.55. The van der Waals surface area contributed by atoms with E-state index in [1.807, 2.05) is 18.2 Å². The van der Waals surface area contributed by atoms with Crippen molar-refractivity contribution in [3.8, 4) is 0 Å². The van der Waals surface area contributed by atoms with Crippen molar-refractivity contribution in [3.05, 3.63) is 35.4 Å². The van der Waals surface area contributed by atoms with Gasteiger partial charge in [0.2, 0.25) is 0 Å². The van der Waals surface area contributed by atoms with Gasteiger partial charge in [-0.25, -0.2) is 4.79 Å². The minimum absolute atomic E-state index is 0.143. The lowest BCUT2D eigenvalue weighted by atomic mass is 9.49. The molecule has 1 amide bonds. The van der Waals surface area contributed by atoms with Crippen molar-refractivity contribution in [2.75, 3.05) is 6.54 Å². The maximum absolute atomic E-state index is 13.0. The van der Waals surface area contributed by atoms with Gasteiger partial charge in [-0.2, -0.15) is 0 Å². The number of benzene rings is 1. The second kappa shape index (κ2) is 5.58. The first-order valence-corrected chi connectivity index (χ1v) is 10.0. The molecule has 0 saturated heterocycles. The quantitative estimate of drug-likeness (QED) is 0.846. The molecule has 1 unspecified atom stereocenters. The first kappa shape index (κ1) is 16.3. The SMILES string of the molecule is CC1(C(=O)NCC23CC4CC(CC(C4)C2)C3)Cc2ccccc2C(=O)O1. The molecule has 1 aromatic carbocycles. The number of esters is 1. The topological polar surface area (TPSA) is 55.4 Å². The van der Waals surface area contributed by atoms with E-state index < -0.39 is 5.60 Å². The van der Waals surface area contributed by atoms with E-state index in [1.54, 1.807) is 13.0 Å². The summed E-state index contributed by atoms with van der Waals surface area (Å²) in [7, 11) is 0. The van der Waals surface area contributed by atoms with Crippen LogP contribution in [0.5, 0.6) is 0 Å². The predicted octanol–water partition coefficient (Wildman–Crippen LogP) is 3.49. The van der Waals surface area contributed by atoms with E-state index in [0.717, 1.165) is 29.9 Å². The highest BCUT2D eigenvalue weighted by Crippen LogP contribution is 2.59. The Morgan fingerprint density at radius 1 is 1.12 bits per heavy atom. The number of hydrogen-bond donors (Lipinski definition) is 1. The van der Waals surface area contributed by atoms with Crippen LogP contribution in [0.25, 0.3) is 0 Å². The summed E-state index contributed by atoms with van der Waals surface area (Å²) in [6, 6.07) is 7.42. The lowest BCUT2D eigenvalue weighted by Gasteiger charge is -2.57. The number of carbonyl (C=O) groups excluding carboxylic acids is 2. The smallest absolute Gasteiger partial charge is 0.339 e. The number of nitrogens with one attached hydrogen (secondary N) is 1. The number of hydrogen-bond acceptors (Lipinski definition) is 3. The summed E-state index contributed by atoms with van der Waals surface area (Å²) in [5.74, 6) is 2.07. The Morgan fingerprint density at radius 3 is 2.38 bits per heavy atom. The number of carbonyl (C=O) groups is 2. The molecule has 1 N–H and O–H groups in total. The number of amides is 1. The van der Waals surface area contributed by atoms with Crippen LogP contribution in [0.3, 0.4) is 0 Å². The molecule has 4 saturated carbocycles. The zero-order chi connectivity index (χ0) is 17.9. The molecule has 5 aliphatic rings. The molecule has 138 valence electrons. The van der Waals surface area contributed by atoms with Gasteiger partial charge in [0.05, 0.1) is 5.56 Å². The van der Waals surface area contributed by atoms with Gasteiger partial charge in [0.1, 0.15) is 0 Å². The first-order valence-electron chi connectivity index (χ1n) is 10.0. The Balaban J connectivity index is 1.30. The third-order valence-electron chi connectivity index (χ3n) is 7.35. The van der Waals surface area contributed by atoms with Crippen molar-refractivity contribution in [1.82, 2.24) is 5.32 Å². The van der Waals surface area contributed by atoms with Gasteiger partial charge in [0.15, 0.2) is 5.60 Å². The largest absolute Gasteiger partial charge is 0.445 e. The lowest BCUT2D eigenvalue weighted by Crippen LogP contribution is -2.56. The van der Waals surface area contributed by atoms with Crippen LogP contribution >= 0.6 is 0 Å². The Bertz CT molecular complexity index is 735. The third kappa shape index (κ3) is 2.57. The van der Waals surface area contributed by atoms with Gasteiger partial charge in [-0.1, -0.05) is 18.2 Å². The van der Waals surface area contributed by atoms with Gasteiger partial charge in [0, 0.05) is 13.0 Å². The van der Waals surface area contributed by atoms with Crippen LogP contribution in [0.4, 0.5) is 0 Å². The van der Waals surface area contributed by atoms with E-state index in [2.05, 4.69) is 5.32 Å². The van der Waals surface area contributed by atoms with E-state index in [9.17, 15) is 9.59 Å². The summed E-state index contributed by atoms with van der Waals surface area (Å²) < 4.78 is 5.58. The minimum Gasteiger partial charge on any atom is -0.445 e. The summed E-state index contributed by atoms with van der Waals surface area (Å²) in [5, 5.41) is 3.19. The number of fused-ring (bicyclic) bond motifs is 1. The Morgan fingerprint density at radius 2 is 1.73 bits per heavy atom. The van der Waals surface area contributed by atoms with Gasteiger partial charge in [0.25, 0.3) is 5.91 Å². The van der Waals surface area contributed by atoms with Crippen molar-refractivity contribution >= 4 is 11.9 Å². The fourth-order valence-corrected chi connectivity index (χ4v) is 6.62. The fraction of sp³-hybridized carbons (Fsp3) is 0.636. The normalized spacial score (nSPS) is 40.0. The Hall–Kier alpha value is -1.84. The summed E-state index contributed by atoms with van der Waals surface area (Å²) >= 11 is 0. The molecule has 0 spiro atoms. The Labute approximate surface area is 154 Å². The molecule has 0 aromatic heterocycles. The summed E-state index contributed by atoms with van der Waals surface area (Å²) in [6.45, 7) is 2.49. The average molecular weight is 353 g/mol. The molecule has 4 bridgehead atoms. The van der Waals surface area contributed by atoms with Crippen molar-refractivity contribution in [2.45, 2.75) is 57.5 Å². The van der Waals surface area contributed by atoms with Gasteiger partial charge < -0.3 is 10.1 Å². The summed E-state index contributed by atoms with van der Waals surface area (Å²) in [6.07, 6.45) is 8.44. The highest BCUT2D eigenvalue weighted by atomic mass is 16.6. The van der Waals surface area contributed by atoms with Crippen LogP contribution in [-0.4, -0.2) is 24.0 Å². The molecular formula is C22H27NO3. The molecular weight excluding hydrogens is 326 g/mol. The number of rotatable bonds is 3. The molecule has 26 heavy (non-hydrogen) atoms. The zero-order valence-electron chi connectivity index (χ0n) is 15.4. The van der Waals surface area contributed by atoms with E-state index in [-0.39, 0.29) is 17.3 Å². The molecule has 1 atom stereocenters. The van der Waals surface area contributed by atoms with Crippen LogP contribution in [0.1, 0.15) is 61.4 Å². The molecule has 1 aliphatic heterocycles. The fourth-order valence-electron chi connectivity index (χ4n) is 6.62. The van der Waals surface area contributed by atoms with Gasteiger partial charge in [-0.3, -0.25) is 4.79 Å². The molecule has 0 radical (unpaired) electrons. The van der Waals surface area contributed by atoms with E-state index in [4.69, 9.17) is 4.74 Å². The maximum atomic E-state index is 13.0. The number of cyclic esters (lactones) is 1. The summed E-state index contributed by atoms with van der Waals surface area (Å²) in [4.78, 5) is 25.3. The molecule has 4 aliphatic carbocycles. The average Bonchev–Trinajstić information content (AvgIpc) is 2.58. The monoisotopic (exact) mass is 353 g/mol. The predicted molar refractivity (Wildman–Crippen MR) is 97.6 cm³/mol. The molecule has 4 fully saturated rings. The maximum Gasteiger partial charge on any atom is 0.339 e. The van der Waals surface area contributed by atoms with Crippen molar-refractivity contribution in [2.24, 2.45) is 23.2 Å². The van der Waals surface area contributed by atoms with Crippen LogP contribution in [0, 0.1) is 23.2 Å². The van der Waals surface area contributed by atoms with E-state index >= 15 is 0 Å². The molecule has 1 aromatic rings. The van der Waals surface area contributed by atoms with Crippen molar-refractivity contribution < 1.29 is 14.3 Å². The third-order valence-corrected chi connectivity index (χ3v) is 7.35. The van der Waals surface area contributed by atoms with Crippen LogP contribution in [0.2, 0.25) is 0 Å². The van der Waals surface area contributed by atoms with E-state index in [1.165, 1.54) is 38.5 Å². The van der Waals surface area contributed by atoms with Crippen LogP contribution < -0.4 is 5.32 Å². The van der Waals surface area contributed by atoms with Gasteiger partial charge in [-0.15, -0.1) is 0 Å². The van der Waals surface area contributed by atoms with Crippen LogP contribution in [0.15, 0.2) is 24.3 Å². The minimum atomic E-state index is -1.10. The highest BCUT2D eigenvalue weighted by Gasteiger charge is 2.51. The first-order chi connectivity index (χ1) is 12.4. The van der Waals surface area contributed by atoms with Crippen molar-refractivity contribution in [3.63, 3.8) is 0 Å². The zero-order valence-corrected chi connectivity index (χ0v) is 15.4. The molecule has 1 heterocycles. The van der Waals surface area contributed by atoms with Gasteiger partial charge in [-0.05, 0) is 80.2 Å². The molecule has 4 heteroatoms. The Kier molecular flexibility index (Phi) is 3.51. The molecule has 6 rings (SSSR count). The second-order valence-electron chi connectivity index (χ2n) is 9.55. The van der Waals surface area contributed by atoms with E-state index in [0.29, 0.717) is 12.0 Å². The number of ether oxygens (including phenoxy) is 1. The van der Waals surface area contributed by atoms with Crippen molar-refractivity contribution in [1.29, 1.82) is 0 Å².